The van der Waals surface area contributed by atoms with Crippen molar-refractivity contribution < 1.29 is 9.90 Å². The first-order valence-corrected chi connectivity index (χ1v) is 5.76. The summed E-state index contributed by atoms with van der Waals surface area (Å²) in [7, 11) is 0. The average Bonchev–Trinajstić information content (AvgIpc) is 2.08. The molecule has 0 atom stereocenters. The van der Waals surface area contributed by atoms with Crippen LogP contribution in [0.3, 0.4) is 0 Å². The predicted octanol–water partition coefficient (Wildman–Crippen LogP) is 3.66. The first-order valence-electron chi connectivity index (χ1n) is 4.94. The molecule has 0 aromatic rings. The van der Waals surface area contributed by atoms with Crippen molar-refractivity contribution in [3.8, 4) is 11.8 Å². The molecule has 0 aromatic heterocycles. The van der Waals surface area contributed by atoms with E-state index in [1.165, 1.54) is 0 Å². The molecule has 0 unspecified atom stereocenters. The van der Waals surface area contributed by atoms with Gasteiger partial charge in [-0.1, -0.05) is 35.8 Å². The fourth-order valence-electron chi connectivity index (χ4n) is 0.766. The number of carboxylic acids is 1. The lowest BCUT2D eigenvalue weighted by atomic mass is 9.98. The zero-order chi connectivity index (χ0) is 12.9. The maximum absolute atomic E-state index is 10.9. The Balaban J connectivity index is 4.75. The molecule has 3 heteroatoms. The van der Waals surface area contributed by atoms with Gasteiger partial charge in [0, 0.05) is 5.41 Å². The van der Waals surface area contributed by atoms with Crippen molar-refractivity contribution in [2.24, 2.45) is 5.41 Å². The van der Waals surface area contributed by atoms with Crippen molar-refractivity contribution in [3.63, 3.8) is 0 Å². The van der Waals surface area contributed by atoms with Crippen LogP contribution in [0.25, 0.3) is 0 Å². The van der Waals surface area contributed by atoms with E-state index in [0.29, 0.717) is 9.81 Å². The standard InChI is InChI=1S/C13H18O2S/c1-9(2)11(12(14)15)16-10(3)7-8-13(4,5)6/h3H2,1-2,4-6H3,(H,14,15). The van der Waals surface area contributed by atoms with E-state index in [0.717, 1.165) is 17.3 Å². The molecule has 0 saturated carbocycles. The first-order chi connectivity index (χ1) is 7.13. The van der Waals surface area contributed by atoms with Crippen LogP contribution < -0.4 is 0 Å². The van der Waals surface area contributed by atoms with Crippen LogP contribution in [-0.4, -0.2) is 11.1 Å². The zero-order valence-electron chi connectivity index (χ0n) is 10.5. The van der Waals surface area contributed by atoms with Crippen molar-refractivity contribution in [2.75, 3.05) is 0 Å². The third-order valence-corrected chi connectivity index (χ3v) is 2.59. The van der Waals surface area contributed by atoms with E-state index in [4.69, 9.17) is 5.11 Å². The molecule has 0 heterocycles. The number of allylic oxidation sites excluding steroid dienone is 2. The predicted molar refractivity (Wildman–Crippen MR) is 70.0 cm³/mol. The molecule has 0 amide bonds. The van der Waals surface area contributed by atoms with Crippen LogP contribution >= 0.6 is 11.8 Å². The molecular weight excluding hydrogens is 220 g/mol. The van der Waals surface area contributed by atoms with Gasteiger partial charge in [0.25, 0.3) is 0 Å². The zero-order valence-corrected chi connectivity index (χ0v) is 11.3. The van der Waals surface area contributed by atoms with Gasteiger partial charge in [-0.15, -0.1) is 0 Å². The van der Waals surface area contributed by atoms with E-state index < -0.39 is 5.97 Å². The SMILES string of the molecule is C=C(C#CC(C)(C)C)SC(C(=O)O)=C(C)C. The van der Waals surface area contributed by atoms with Crippen molar-refractivity contribution in [1.82, 2.24) is 0 Å². The Labute approximate surface area is 102 Å². The minimum absolute atomic E-state index is 0.0993. The number of carbonyl (C=O) groups is 1. The Bertz CT molecular complexity index is 382. The molecule has 0 aliphatic rings. The van der Waals surface area contributed by atoms with Crippen LogP contribution in [-0.2, 0) is 4.79 Å². The number of hydrogen-bond acceptors (Lipinski definition) is 2. The van der Waals surface area contributed by atoms with Gasteiger partial charge in [-0.3, -0.25) is 0 Å². The third kappa shape index (κ3) is 6.36. The second-order valence-corrected chi connectivity index (χ2v) is 5.76. The number of thioether (sulfide) groups is 1. The van der Waals surface area contributed by atoms with Gasteiger partial charge in [-0.25, -0.2) is 4.79 Å². The molecule has 0 rings (SSSR count). The fourth-order valence-corrected chi connectivity index (χ4v) is 1.41. The van der Waals surface area contributed by atoms with E-state index in [1.807, 2.05) is 20.8 Å². The smallest absolute Gasteiger partial charge is 0.342 e. The quantitative estimate of drug-likeness (QED) is 0.602. The molecule has 0 aromatic carbocycles. The molecule has 2 nitrogen and oxygen atoms in total. The Hall–Kier alpha value is -1.14. The van der Waals surface area contributed by atoms with Gasteiger partial charge in [0.05, 0.1) is 9.81 Å². The molecule has 0 bridgehead atoms. The summed E-state index contributed by atoms with van der Waals surface area (Å²) in [5, 5.41) is 8.95. The van der Waals surface area contributed by atoms with Crippen LogP contribution in [0.1, 0.15) is 34.6 Å². The summed E-state index contributed by atoms with van der Waals surface area (Å²) in [4.78, 5) is 11.8. The molecule has 88 valence electrons. The van der Waals surface area contributed by atoms with Gasteiger partial charge in [0.2, 0.25) is 0 Å². The number of rotatable bonds is 3. The third-order valence-electron chi connectivity index (χ3n) is 1.45. The summed E-state index contributed by atoms with van der Waals surface area (Å²) in [6.45, 7) is 13.3. The fraction of sp³-hybridized carbons (Fsp3) is 0.462. The van der Waals surface area contributed by atoms with E-state index in [2.05, 4.69) is 18.4 Å². The second kappa shape index (κ2) is 5.81. The largest absolute Gasteiger partial charge is 0.477 e. The lowest BCUT2D eigenvalue weighted by molar-refractivity contribution is -0.131. The van der Waals surface area contributed by atoms with Gasteiger partial charge in [0.1, 0.15) is 0 Å². The van der Waals surface area contributed by atoms with Gasteiger partial charge < -0.3 is 5.11 Å². The minimum Gasteiger partial charge on any atom is -0.477 e. The average molecular weight is 238 g/mol. The Kier molecular flexibility index (Phi) is 5.40. The Morgan fingerprint density at radius 1 is 1.31 bits per heavy atom. The van der Waals surface area contributed by atoms with Crippen LogP contribution in [0.2, 0.25) is 0 Å². The minimum atomic E-state index is -0.927. The maximum Gasteiger partial charge on any atom is 0.342 e. The highest BCUT2D eigenvalue weighted by atomic mass is 32.2. The van der Waals surface area contributed by atoms with Gasteiger partial charge in [-0.05, 0) is 34.6 Å². The molecular formula is C13H18O2S. The molecule has 0 radical (unpaired) electrons. The second-order valence-electron chi connectivity index (χ2n) is 4.66. The molecule has 1 N–H and O–H groups in total. The van der Waals surface area contributed by atoms with E-state index in [9.17, 15) is 4.79 Å². The molecule has 16 heavy (non-hydrogen) atoms. The summed E-state index contributed by atoms with van der Waals surface area (Å²) in [6.07, 6.45) is 0. The normalized spacial score (nSPS) is 10.1. The maximum atomic E-state index is 10.9. The summed E-state index contributed by atoms with van der Waals surface area (Å²) >= 11 is 1.11. The molecule has 0 saturated heterocycles. The lowest BCUT2D eigenvalue weighted by Gasteiger charge is -2.07. The van der Waals surface area contributed by atoms with E-state index >= 15 is 0 Å². The van der Waals surface area contributed by atoms with Crippen molar-refractivity contribution in [1.29, 1.82) is 0 Å². The summed E-state index contributed by atoms with van der Waals surface area (Å²) in [5.41, 5.74) is 0.661. The monoisotopic (exact) mass is 238 g/mol. The highest BCUT2D eigenvalue weighted by molar-refractivity contribution is 8.07. The highest BCUT2D eigenvalue weighted by Crippen LogP contribution is 2.26. The number of aliphatic carboxylic acids is 1. The molecule has 0 aliphatic heterocycles. The van der Waals surface area contributed by atoms with Gasteiger partial charge in [-0.2, -0.15) is 0 Å². The Morgan fingerprint density at radius 2 is 1.81 bits per heavy atom. The van der Waals surface area contributed by atoms with Crippen LogP contribution in [0.15, 0.2) is 22.0 Å². The first kappa shape index (κ1) is 14.9. The Morgan fingerprint density at radius 3 is 2.12 bits per heavy atom. The summed E-state index contributed by atoms with van der Waals surface area (Å²) in [6, 6.07) is 0. The lowest BCUT2D eigenvalue weighted by Crippen LogP contribution is -2.00. The van der Waals surface area contributed by atoms with Gasteiger partial charge >= 0.3 is 5.97 Å². The number of carboxylic acid groups (broad SMARTS) is 1. The highest BCUT2D eigenvalue weighted by Gasteiger charge is 2.11. The summed E-state index contributed by atoms with van der Waals surface area (Å²) in [5.74, 6) is 4.98. The van der Waals surface area contributed by atoms with E-state index in [-0.39, 0.29) is 5.41 Å². The van der Waals surface area contributed by atoms with E-state index in [1.54, 1.807) is 13.8 Å². The van der Waals surface area contributed by atoms with Crippen LogP contribution in [0, 0.1) is 17.3 Å². The van der Waals surface area contributed by atoms with Crippen LogP contribution in [0.5, 0.6) is 0 Å². The van der Waals surface area contributed by atoms with Crippen molar-refractivity contribution in [2.45, 2.75) is 34.6 Å². The van der Waals surface area contributed by atoms with Crippen molar-refractivity contribution in [3.05, 3.63) is 22.0 Å². The molecule has 0 aliphatic carbocycles. The summed E-state index contributed by atoms with van der Waals surface area (Å²) < 4.78 is 0. The topological polar surface area (TPSA) is 37.3 Å². The van der Waals surface area contributed by atoms with Crippen LogP contribution in [0.4, 0.5) is 0 Å². The molecule has 0 fully saturated rings. The van der Waals surface area contributed by atoms with Gasteiger partial charge in [0.15, 0.2) is 0 Å². The molecule has 0 spiro atoms. The number of hydrogen-bond donors (Lipinski definition) is 1. The van der Waals surface area contributed by atoms with Crippen molar-refractivity contribution >= 4 is 17.7 Å².